The monoisotopic (exact) mass is 465 g/mol. The number of β-amino-alcohol motifs (C(OH)–C–C–N with tert-alkyl or cyclic N) is 1. The minimum absolute atomic E-state index is 0.0107. The number of carbonyl (C=O) groups is 1. The number of hydrogen-bond acceptors (Lipinski definition) is 6. The maximum Gasteiger partial charge on any atom is 0.435 e. The van der Waals surface area contributed by atoms with Crippen molar-refractivity contribution in [1.29, 1.82) is 0 Å². The molecule has 1 saturated heterocycles. The van der Waals surface area contributed by atoms with Crippen molar-refractivity contribution in [2.75, 3.05) is 6.54 Å². The molecular weight excluding hydrogens is 439 g/mol. The number of aromatic nitrogens is 1. The predicted molar refractivity (Wildman–Crippen MR) is 112 cm³/mol. The number of oxime groups is 1. The van der Waals surface area contributed by atoms with Crippen molar-refractivity contribution in [2.24, 2.45) is 11.1 Å². The molecule has 1 aromatic heterocycles. The summed E-state index contributed by atoms with van der Waals surface area (Å²) in [5, 5.41) is 18.0. The van der Waals surface area contributed by atoms with E-state index in [1.165, 1.54) is 29.2 Å². The Morgan fingerprint density at radius 3 is 2.55 bits per heavy atom. The van der Waals surface area contributed by atoms with E-state index in [1.54, 1.807) is 19.1 Å². The first-order chi connectivity index (χ1) is 15.5. The van der Waals surface area contributed by atoms with Gasteiger partial charge in [0, 0.05) is 31.0 Å². The number of aryl methyl sites for hydroxylation is 1. The lowest BCUT2D eigenvalue weighted by atomic mass is 9.85. The molecule has 1 N–H and O–H groups in total. The van der Waals surface area contributed by atoms with Crippen LogP contribution < -0.4 is 0 Å². The lowest BCUT2D eigenvalue weighted by Gasteiger charge is -2.31. The third-order valence-electron chi connectivity index (χ3n) is 6.28. The van der Waals surface area contributed by atoms with E-state index in [-0.39, 0.29) is 36.1 Å². The van der Waals surface area contributed by atoms with E-state index >= 15 is 0 Å². The van der Waals surface area contributed by atoms with Crippen LogP contribution >= 0.6 is 0 Å². The lowest BCUT2D eigenvalue weighted by molar-refractivity contribution is -0.275. The van der Waals surface area contributed by atoms with E-state index in [1.807, 2.05) is 13.8 Å². The fourth-order valence-electron chi connectivity index (χ4n) is 4.63. The summed E-state index contributed by atoms with van der Waals surface area (Å²) in [4.78, 5) is 20.0. The first-order valence-corrected chi connectivity index (χ1v) is 10.8. The Labute approximate surface area is 189 Å². The number of nitrogens with zero attached hydrogens (tertiary/aromatic N) is 3. The summed E-state index contributed by atoms with van der Waals surface area (Å²) in [7, 11) is 0. The number of rotatable bonds is 5. The Hall–Kier alpha value is -2.88. The van der Waals surface area contributed by atoms with Crippen LogP contribution in [0.2, 0.25) is 0 Å². The zero-order valence-electron chi connectivity index (χ0n) is 18.5. The molecule has 0 unspecified atom stereocenters. The van der Waals surface area contributed by atoms with Crippen molar-refractivity contribution >= 4 is 11.6 Å². The van der Waals surface area contributed by atoms with Gasteiger partial charge in [0.25, 0.3) is 5.60 Å². The molecule has 4 atom stereocenters. The average molecular weight is 465 g/mol. The van der Waals surface area contributed by atoms with Gasteiger partial charge in [0.05, 0.1) is 23.6 Å². The van der Waals surface area contributed by atoms with E-state index in [4.69, 9.17) is 9.36 Å². The minimum Gasteiger partial charge on any atom is -0.391 e. The van der Waals surface area contributed by atoms with Crippen LogP contribution in [-0.4, -0.2) is 51.6 Å². The minimum atomic E-state index is -4.73. The molecule has 0 saturated carbocycles. The highest BCUT2D eigenvalue weighted by atomic mass is 19.4. The summed E-state index contributed by atoms with van der Waals surface area (Å²) in [5.41, 5.74) is -2.00. The molecule has 33 heavy (non-hydrogen) atoms. The molecule has 0 aliphatic carbocycles. The quantitative estimate of drug-likeness (QED) is 0.723. The van der Waals surface area contributed by atoms with Crippen LogP contribution in [0.4, 0.5) is 13.2 Å². The van der Waals surface area contributed by atoms with Crippen LogP contribution in [-0.2, 0) is 15.2 Å². The second-order valence-corrected chi connectivity index (χ2v) is 9.03. The standard InChI is InChI=1S/C23H26F3N3O4/c1-13(2)20(19-9-14(3)27-32-19)21(31)29-12-16(30)10-18(29)17-11-22(33-28-17,23(24,25)26)15-7-5-4-6-8-15/h4-9,13,16,18,20,30H,10-12H2,1-3H3/t16-,18+,20+,22+/m1/s1. The maximum atomic E-state index is 14.2. The molecule has 2 aliphatic rings. The number of aliphatic hydroxyl groups is 1. The highest BCUT2D eigenvalue weighted by molar-refractivity contribution is 5.96. The zero-order valence-corrected chi connectivity index (χ0v) is 18.5. The average Bonchev–Trinajstić information content (AvgIpc) is 3.46. The number of benzene rings is 1. The number of amides is 1. The van der Waals surface area contributed by atoms with Gasteiger partial charge in [-0.3, -0.25) is 4.79 Å². The molecule has 3 heterocycles. The summed E-state index contributed by atoms with van der Waals surface area (Å²) in [6.07, 6.45) is -6.10. The fraction of sp³-hybridized carbons (Fsp3) is 0.522. The highest BCUT2D eigenvalue weighted by Gasteiger charge is 2.63. The number of aliphatic hydroxyl groups excluding tert-OH is 1. The van der Waals surface area contributed by atoms with Crippen LogP contribution in [0.15, 0.2) is 46.1 Å². The largest absolute Gasteiger partial charge is 0.435 e. The van der Waals surface area contributed by atoms with Gasteiger partial charge in [-0.15, -0.1) is 0 Å². The molecule has 4 rings (SSSR count). The molecule has 0 bridgehead atoms. The zero-order chi connectivity index (χ0) is 24.0. The smallest absolute Gasteiger partial charge is 0.391 e. The number of likely N-dealkylation sites (tertiary alicyclic amines) is 1. The first-order valence-electron chi connectivity index (χ1n) is 10.8. The Bertz CT molecular complexity index is 1040. The molecule has 0 spiro atoms. The van der Waals surface area contributed by atoms with E-state index in [9.17, 15) is 23.1 Å². The summed E-state index contributed by atoms with van der Waals surface area (Å²) in [6.45, 7) is 5.43. The normalized spacial score (nSPS) is 26.4. The van der Waals surface area contributed by atoms with Crippen molar-refractivity contribution in [3.63, 3.8) is 0 Å². The van der Waals surface area contributed by atoms with Gasteiger partial charge in [-0.25, -0.2) is 0 Å². The van der Waals surface area contributed by atoms with Crippen LogP contribution in [0, 0.1) is 12.8 Å². The number of halogens is 3. The van der Waals surface area contributed by atoms with Gasteiger partial charge in [-0.2, -0.15) is 13.2 Å². The van der Waals surface area contributed by atoms with Crippen molar-refractivity contribution in [3.8, 4) is 0 Å². The Morgan fingerprint density at radius 2 is 1.97 bits per heavy atom. The number of carbonyl (C=O) groups excluding carboxylic acids is 1. The van der Waals surface area contributed by atoms with Crippen molar-refractivity contribution in [1.82, 2.24) is 10.1 Å². The van der Waals surface area contributed by atoms with Gasteiger partial charge in [-0.1, -0.05) is 54.5 Å². The third-order valence-corrected chi connectivity index (χ3v) is 6.28. The molecular formula is C23H26F3N3O4. The molecule has 1 aromatic carbocycles. The maximum absolute atomic E-state index is 14.2. The summed E-state index contributed by atoms with van der Waals surface area (Å²) < 4.78 is 47.9. The van der Waals surface area contributed by atoms with Crippen molar-refractivity contribution in [3.05, 3.63) is 53.4 Å². The summed E-state index contributed by atoms with van der Waals surface area (Å²) in [5.74, 6) is -0.826. The topological polar surface area (TPSA) is 88.2 Å². The summed E-state index contributed by atoms with van der Waals surface area (Å²) >= 11 is 0. The first kappa shape index (κ1) is 23.3. The molecule has 2 aliphatic heterocycles. The van der Waals surface area contributed by atoms with Crippen LogP contribution in [0.25, 0.3) is 0 Å². The summed E-state index contributed by atoms with van der Waals surface area (Å²) in [6, 6.07) is 8.18. The Morgan fingerprint density at radius 1 is 1.27 bits per heavy atom. The Balaban J connectivity index is 1.64. The molecule has 0 radical (unpaired) electrons. The van der Waals surface area contributed by atoms with Crippen LogP contribution in [0.3, 0.4) is 0 Å². The molecule has 10 heteroatoms. The van der Waals surface area contributed by atoms with Crippen LogP contribution in [0.5, 0.6) is 0 Å². The third kappa shape index (κ3) is 4.12. The number of hydrogen-bond donors (Lipinski definition) is 1. The Kier molecular flexibility index (Phi) is 5.98. The second-order valence-electron chi connectivity index (χ2n) is 9.03. The van der Waals surface area contributed by atoms with Gasteiger partial charge in [0.2, 0.25) is 5.91 Å². The molecule has 2 aromatic rings. The number of alkyl halides is 3. The highest BCUT2D eigenvalue weighted by Crippen LogP contribution is 2.49. The van der Waals surface area contributed by atoms with Crippen molar-refractivity contribution in [2.45, 2.75) is 63.5 Å². The second kappa shape index (κ2) is 8.48. The van der Waals surface area contributed by atoms with Gasteiger partial charge >= 0.3 is 6.18 Å². The lowest BCUT2D eigenvalue weighted by Crippen LogP contribution is -2.47. The fourth-order valence-corrected chi connectivity index (χ4v) is 4.63. The van der Waals surface area contributed by atoms with Gasteiger partial charge in [0.15, 0.2) is 0 Å². The van der Waals surface area contributed by atoms with Gasteiger partial charge in [-0.05, 0) is 12.8 Å². The van der Waals surface area contributed by atoms with E-state index in [0.717, 1.165) is 0 Å². The predicted octanol–water partition coefficient (Wildman–Crippen LogP) is 3.92. The van der Waals surface area contributed by atoms with E-state index in [0.29, 0.717) is 11.5 Å². The van der Waals surface area contributed by atoms with Crippen LogP contribution in [0.1, 0.15) is 49.6 Å². The van der Waals surface area contributed by atoms with Gasteiger partial charge in [0.1, 0.15) is 11.7 Å². The molecule has 1 amide bonds. The molecule has 1 fully saturated rings. The molecule has 178 valence electrons. The SMILES string of the molecule is Cc1cc([C@@H](C(=O)N2C[C@H](O)C[C@H]2C2=NO[C@@](c3ccccc3)(C(F)(F)F)C2)C(C)C)on1. The van der Waals surface area contributed by atoms with Gasteiger partial charge < -0.3 is 19.4 Å². The van der Waals surface area contributed by atoms with E-state index < -0.39 is 36.3 Å². The molecule has 7 nitrogen and oxygen atoms in total. The van der Waals surface area contributed by atoms with Crippen molar-refractivity contribution < 1.29 is 32.4 Å². The van der Waals surface area contributed by atoms with E-state index in [2.05, 4.69) is 10.3 Å².